The van der Waals surface area contributed by atoms with Crippen LogP contribution in [0.3, 0.4) is 0 Å². The lowest BCUT2D eigenvalue weighted by Gasteiger charge is -2.16. The first-order chi connectivity index (χ1) is 8.99. The van der Waals surface area contributed by atoms with E-state index < -0.39 is 18.0 Å². The van der Waals surface area contributed by atoms with Crippen molar-refractivity contribution >= 4 is 12.0 Å². The number of aliphatic carboxylic acids is 1. The van der Waals surface area contributed by atoms with E-state index in [4.69, 9.17) is 5.11 Å². The van der Waals surface area contributed by atoms with Crippen LogP contribution in [-0.2, 0) is 11.2 Å². The van der Waals surface area contributed by atoms with Gasteiger partial charge in [0.1, 0.15) is 6.04 Å². The van der Waals surface area contributed by atoms with Crippen LogP contribution in [0.2, 0.25) is 0 Å². The van der Waals surface area contributed by atoms with Gasteiger partial charge in [-0.25, -0.2) is 9.59 Å². The standard InChI is InChI=1S/C14H20N2O3/c1-10(2)9-15-14(19)16-12(13(17)18)8-11-6-4-3-5-7-11/h3-7,10,12H,8-9H2,1-2H3,(H,17,18)(H2,15,16,19)/t12-/m1/s1. The van der Waals surface area contributed by atoms with Crippen LogP contribution < -0.4 is 10.6 Å². The molecule has 5 heteroatoms. The minimum absolute atomic E-state index is 0.269. The van der Waals surface area contributed by atoms with Gasteiger partial charge in [0.2, 0.25) is 0 Å². The largest absolute Gasteiger partial charge is 0.480 e. The quantitative estimate of drug-likeness (QED) is 0.731. The van der Waals surface area contributed by atoms with Crippen LogP contribution in [-0.4, -0.2) is 29.7 Å². The molecule has 0 heterocycles. The molecule has 0 aliphatic carbocycles. The molecule has 0 saturated carbocycles. The maximum absolute atomic E-state index is 11.6. The van der Waals surface area contributed by atoms with Crippen molar-refractivity contribution in [2.75, 3.05) is 6.54 Å². The van der Waals surface area contributed by atoms with Crippen molar-refractivity contribution < 1.29 is 14.7 Å². The predicted octanol–water partition coefficient (Wildman–Crippen LogP) is 1.64. The second-order valence-corrected chi connectivity index (χ2v) is 4.83. The molecule has 104 valence electrons. The first-order valence-corrected chi connectivity index (χ1v) is 6.30. The van der Waals surface area contributed by atoms with Gasteiger partial charge >= 0.3 is 12.0 Å². The number of amides is 2. The molecule has 0 radical (unpaired) electrons. The van der Waals surface area contributed by atoms with Gasteiger partial charge in [-0.15, -0.1) is 0 Å². The topological polar surface area (TPSA) is 78.4 Å². The summed E-state index contributed by atoms with van der Waals surface area (Å²) in [6.45, 7) is 4.46. The molecule has 0 aromatic heterocycles. The molecule has 2 amide bonds. The normalized spacial score (nSPS) is 11.9. The van der Waals surface area contributed by atoms with Crippen LogP contribution in [0, 0.1) is 5.92 Å². The zero-order valence-electron chi connectivity index (χ0n) is 11.2. The summed E-state index contributed by atoms with van der Waals surface area (Å²) in [5, 5.41) is 14.2. The van der Waals surface area contributed by atoms with Gasteiger partial charge in [0.25, 0.3) is 0 Å². The minimum Gasteiger partial charge on any atom is -0.480 e. The van der Waals surface area contributed by atoms with Crippen molar-refractivity contribution in [3.8, 4) is 0 Å². The lowest BCUT2D eigenvalue weighted by Crippen LogP contribution is -2.47. The molecule has 1 aromatic rings. The van der Waals surface area contributed by atoms with E-state index in [9.17, 15) is 9.59 Å². The Kier molecular flexibility index (Phi) is 5.85. The molecule has 19 heavy (non-hydrogen) atoms. The number of nitrogens with one attached hydrogen (secondary N) is 2. The number of hydrogen-bond acceptors (Lipinski definition) is 2. The van der Waals surface area contributed by atoms with E-state index in [1.54, 1.807) is 0 Å². The van der Waals surface area contributed by atoms with Crippen molar-refractivity contribution in [1.82, 2.24) is 10.6 Å². The average Bonchev–Trinajstić information content (AvgIpc) is 2.36. The van der Waals surface area contributed by atoms with Gasteiger partial charge in [-0.1, -0.05) is 44.2 Å². The van der Waals surface area contributed by atoms with Crippen molar-refractivity contribution in [1.29, 1.82) is 0 Å². The number of carboxylic acids is 1. The zero-order valence-corrected chi connectivity index (χ0v) is 11.2. The number of carbonyl (C=O) groups excluding carboxylic acids is 1. The number of rotatable bonds is 6. The molecule has 0 aliphatic rings. The number of urea groups is 1. The van der Waals surface area contributed by atoms with Crippen molar-refractivity contribution in [3.05, 3.63) is 35.9 Å². The number of carbonyl (C=O) groups is 2. The van der Waals surface area contributed by atoms with Crippen molar-refractivity contribution in [2.45, 2.75) is 26.3 Å². The van der Waals surface area contributed by atoms with Gasteiger partial charge in [0, 0.05) is 13.0 Å². The predicted molar refractivity (Wildman–Crippen MR) is 72.9 cm³/mol. The monoisotopic (exact) mass is 264 g/mol. The Morgan fingerprint density at radius 3 is 2.37 bits per heavy atom. The number of carboxylic acid groups (broad SMARTS) is 1. The molecule has 1 aromatic carbocycles. The fourth-order valence-corrected chi connectivity index (χ4v) is 1.56. The first kappa shape index (κ1) is 15.0. The van der Waals surface area contributed by atoms with Crippen LogP contribution in [0.25, 0.3) is 0 Å². The fraction of sp³-hybridized carbons (Fsp3) is 0.429. The molecule has 1 rings (SSSR count). The van der Waals surface area contributed by atoms with Gasteiger partial charge in [-0.2, -0.15) is 0 Å². The third kappa shape index (κ3) is 5.90. The van der Waals surface area contributed by atoms with E-state index in [1.165, 1.54) is 0 Å². The highest BCUT2D eigenvalue weighted by Gasteiger charge is 2.20. The maximum Gasteiger partial charge on any atom is 0.326 e. The summed E-state index contributed by atoms with van der Waals surface area (Å²) < 4.78 is 0. The van der Waals surface area contributed by atoms with Gasteiger partial charge in [-0.3, -0.25) is 0 Å². The molecule has 0 saturated heterocycles. The smallest absolute Gasteiger partial charge is 0.326 e. The molecule has 5 nitrogen and oxygen atoms in total. The Labute approximate surface area is 113 Å². The molecule has 0 spiro atoms. The summed E-state index contributed by atoms with van der Waals surface area (Å²) in [7, 11) is 0. The Balaban J connectivity index is 2.54. The van der Waals surface area contributed by atoms with E-state index >= 15 is 0 Å². The Hall–Kier alpha value is -2.04. The second-order valence-electron chi connectivity index (χ2n) is 4.83. The van der Waals surface area contributed by atoms with Gasteiger partial charge in [-0.05, 0) is 11.5 Å². The molecular weight excluding hydrogens is 244 g/mol. The van der Waals surface area contributed by atoms with E-state index in [0.717, 1.165) is 5.56 Å². The first-order valence-electron chi connectivity index (χ1n) is 6.30. The summed E-state index contributed by atoms with van der Waals surface area (Å²) in [6, 6.07) is 7.85. The lowest BCUT2D eigenvalue weighted by atomic mass is 10.1. The Morgan fingerprint density at radius 2 is 1.84 bits per heavy atom. The molecule has 0 unspecified atom stereocenters. The Bertz CT molecular complexity index is 418. The van der Waals surface area contributed by atoms with Crippen LogP contribution >= 0.6 is 0 Å². The second kappa shape index (κ2) is 7.41. The number of hydrogen-bond donors (Lipinski definition) is 3. The van der Waals surface area contributed by atoms with Crippen molar-refractivity contribution in [3.63, 3.8) is 0 Å². The highest BCUT2D eigenvalue weighted by atomic mass is 16.4. The molecule has 3 N–H and O–H groups in total. The highest BCUT2D eigenvalue weighted by molar-refractivity contribution is 5.82. The van der Waals surface area contributed by atoms with Gasteiger partial charge < -0.3 is 15.7 Å². The van der Waals surface area contributed by atoms with Crippen molar-refractivity contribution in [2.24, 2.45) is 5.92 Å². The van der Waals surface area contributed by atoms with E-state index in [2.05, 4.69) is 10.6 Å². The van der Waals surface area contributed by atoms with E-state index in [1.807, 2.05) is 44.2 Å². The lowest BCUT2D eigenvalue weighted by molar-refractivity contribution is -0.139. The molecule has 0 fully saturated rings. The summed E-state index contributed by atoms with van der Waals surface area (Å²) >= 11 is 0. The van der Waals surface area contributed by atoms with Crippen LogP contribution in [0.15, 0.2) is 30.3 Å². The molecular formula is C14H20N2O3. The zero-order chi connectivity index (χ0) is 14.3. The average molecular weight is 264 g/mol. The third-order valence-electron chi connectivity index (χ3n) is 2.56. The van der Waals surface area contributed by atoms with Gasteiger partial charge in [0.15, 0.2) is 0 Å². The van der Waals surface area contributed by atoms with Crippen LogP contribution in [0.4, 0.5) is 4.79 Å². The maximum atomic E-state index is 11.6. The summed E-state index contributed by atoms with van der Waals surface area (Å²) in [5.74, 6) is -0.716. The Morgan fingerprint density at radius 1 is 1.21 bits per heavy atom. The third-order valence-corrected chi connectivity index (χ3v) is 2.56. The van der Waals surface area contributed by atoms with Crippen LogP contribution in [0.1, 0.15) is 19.4 Å². The molecule has 0 bridgehead atoms. The highest BCUT2D eigenvalue weighted by Crippen LogP contribution is 2.03. The van der Waals surface area contributed by atoms with E-state index in [-0.39, 0.29) is 6.42 Å². The molecule has 0 aliphatic heterocycles. The fourth-order valence-electron chi connectivity index (χ4n) is 1.56. The number of benzene rings is 1. The SMILES string of the molecule is CC(C)CNC(=O)N[C@H](Cc1ccccc1)C(=O)O. The van der Waals surface area contributed by atoms with Gasteiger partial charge in [0.05, 0.1) is 0 Å². The molecule has 1 atom stereocenters. The van der Waals surface area contributed by atoms with Crippen LogP contribution in [0.5, 0.6) is 0 Å². The summed E-state index contributed by atoms with van der Waals surface area (Å²) in [4.78, 5) is 22.7. The van der Waals surface area contributed by atoms with E-state index in [0.29, 0.717) is 12.5 Å². The minimum atomic E-state index is -1.04. The summed E-state index contributed by atoms with van der Waals surface area (Å²) in [6.07, 6.45) is 0.269. The summed E-state index contributed by atoms with van der Waals surface area (Å²) in [5.41, 5.74) is 0.874.